The van der Waals surface area contributed by atoms with Crippen LogP contribution in [0.2, 0.25) is 0 Å². The molecule has 0 aliphatic carbocycles. The van der Waals surface area contributed by atoms with Crippen LogP contribution in [0.1, 0.15) is 36.3 Å². The number of sulfonamides is 1. The molecule has 1 amide bonds. The molecule has 4 heterocycles. The van der Waals surface area contributed by atoms with Crippen molar-refractivity contribution in [2.75, 3.05) is 57.3 Å². The van der Waals surface area contributed by atoms with Crippen LogP contribution in [0.15, 0.2) is 33.7 Å². The fraction of sp³-hybridized carbons (Fsp3) is 0.583. The summed E-state index contributed by atoms with van der Waals surface area (Å²) in [5.74, 6) is 0.901. The smallest absolute Gasteiger partial charge is 0.243 e. The Morgan fingerprint density at radius 1 is 0.971 bits per heavy atom. The molecule has 0 saturated carbocycles. The lowest BCUT2D eigenvalue weighted by Gasteiger charge is -2.36. The fourth-order valence-corrected chi connectivity index (χ4v) is 6.74. The summed E-state index contributed by atoms with van der Waals surface area (Å²) in [4.78, 5) is 19.9. The van der Waals surface area contributed by atoms with Gasteiger partial charge in [-0.3, -0.25) is 14.6 Å². The van der Waals surface area contributed by atoms with E-state index in [-0.39, 0.29) is 5.91 Å². The number of rotatable bonds is 6. The van der Waals surface area contributed by atoms with Crippen LogP contribution in [0.4, 0.5) is 5.69 Å². The van der Waals surface area contributed by atoms with Crippen molar-refractivity contribution in [3.8, 4) is 0 Å². The highest BCUT2D eigenvalue weighted by atomic mass is 32.2. The number of aryl methyl sites for hydroxylation is 2. The Kier molecular flexibility index (Phi) is 6.74. The van der Waals surface area contributed by atoms with Crippen molar-refractivity contribution in [2.45, 2.75) is 44.0 Å². The number of aromatic nitrogens is 1. The van der Waals surface area contributed by atoms with Crippen LogP contribution < -0.4 is 4.90 Å². The van der Waals surface area contributed by atoms with Crippen molar-refractivity contribution in [3.63, 3.8) is 0 Å². The SMILES string of the molecule is Cc1cc(CN2CCN(CC(=O)N3CCCc4cc(S(=O)(=O)N5CCCC5)ccc43)CC2)no1. The van der Waals surface area contributed by atoms with Gasteiger partial charge in [0.2, 0.25) is 15.9 Å². The molecule has 10 heteroatoms. The minimum absolute atomic E-state index is 0.0803. The molecule has 34 heavy (non-hydrogen) atoms. The van der Waals surface area contributed by atoms with Crippen LogP contribution in [0.3, 0.4) is 0 Å². The molecule has 0 radical (unpaired) electrons. The molecule has 2 saturated heterocycles. The molecule has 5 rings (SSSR count). The number of amides is 1. The Balaban J connectivity index is 1.20. The molecule has 0 N–H and O–H groups in total. The van der Waals surface area contributed by atoms with E-state index in [0.717, 1.165) is 81.1 Å². The zero-order valence-electron chi connectivity index (χ0n) is 19.8. The third-order valence-corrected chi connectivity index (χ3v) is 8.95. The number of carbonyl (C=O) groups is 1. The lowest BCUT2D eigenvalue weighted by Crippen LogP contribution is -2.50. The highest BCUT2D eigenvalue weighted by Crippen LogP contribution is 2.31. The molecule has 9 nitrogen and oxygen atoms in total. The minimum atomic E-state index is -3.45. The highest BCUT2D eigenvalue weighted by Gasteiger charge is 2.30. The van der Waals surface area contributed by atoms with Crippen LogP contribution in [-0.4, -0.2) is 85.9 Å². The first-order valence-corrected chi connectivity index (χ1v) is 13.6. The van der Waals surface area contributed by atoms with E-state index in [1.807, 2.05) is 24.0 Å². The third-order valence-electron chi connectivity index (χ3n) is 7.06. The minimum Gasteiger partial charge on any atom is -0.361 e. The van der Waals surface area contributed by atoms with Crippen LogP contribution in [0.5, 0.6) is 0 Å². The molecular weight excluding hydrogens is 454 g/mol. The summed E-state index contributed by atoms with van der Waals surface area (Å²) in [6, 6.07) is 7.24. The van der Waals surface area contributed by atoms with E-state index >= 15 is 0 Å². The Bertz CT molecular complexity index is 1130. The number of benzene rings is 1. The van der Waals surface area contributed by atoms with Crippen molar-refractivity contribution < 1.29 is 17.7 Å². The van der Waals surface area contributed by atoms with Crippen molar-refractivity contribution >= 4 is 21.6 Å². The van der Waals surface area contributed by atoms with Gasteiger partial charge in [0.25, 0.3) is 0 Å². The number of anilines is 1. The first-order chi connectivity index (χ1) is 16.4. The van der Waals surface area contributed by atoms with E-state index in [2.05, 4.69) is 15.0 Å². The molecule has 1 aromatic heterocycles. The first kappa shape index (κ1) is 23.5. The molecule has 0 unspecified atom stereocenters. The lowest BCUT2D eigenvalue weighted by atomic mass is 10.0. The predicted molar refractivity (Wildman–Crippen MR) is 128 cm³/mol. The number of piperazine rings is 1. The summed E-state index contributed by atoms with van der Waals surface area (Å²) in [7, 11) is -3.45. The van der Waals surface area contributed by atoms with Gasteiger partial charge < -0.3 is 9.42 Å². The Morgan fingerprint density at radius 2 is 1.71 bits per heavy atom. The van der Waals surface area contributed by atoms with E-state index in [1.54, 1.807) is 16.4 Å². The average Bonchev–Trinajstić information content (AvgIpc) is 3.52. The van der Waals surface area contributed by atoms with Gasteiger partial charge in [0.15, 0.2) is 0 Å². The molecule has 1 aromatic carbocycles. The maximum Gasteiger partial charge on any atom is 0.243 e. The third kappa shape index (κ3) is 4.91. The van der Waals surface area contributed by atoms with Gasteiger partial charge in [-0.25, -0.2) is 8.42 Å². The summed E-state index contributed by atoms with van der Waals surface area (Å²) in [6.45, 7) is 8.33. The maximum atomic E-state index is 13.2. The molecule has 0 spiro atoms. The second kappa shape index (κ2) is 9.77. The summed E-state index contributed by atoms with van der Waals surface area (Å²) >= 11 is 0. The summed E-state index contributed by atoms with van der Waals surface area (Å²) in [5.41, 5.74) is 2.75. The van der Waals surface area contributed by atoms with Gasteiger partial charge in [-0.2, -0.15) is 4.31 Å². The normalized spacial score (nSPS) is 20.6. The molecule has 3 aliphatic rings. The zero-order valence-corrected chi connectivity index (χ0v) is 20.6. The van der Waals surface area contributed by atoms with E-state index < -0.39 is 10.0 Å². The second-order valence-electron chi connectivity index (χ2n) is 9.53. The molecule has 2 aromatic rings. The van der Waals surface area contributed by atoms with Crippen LogP contribution in [0.25, 0.3) is 0 Å². The van der Waals surface area contributed by atoms with Gasteiger partial charge in [0.05, 0.1) is 17.1 Å². The van der Waals surface area contributed by atoms with Crippen LogP contribution in [0, 0.1) is 6.92 Å². The lowest BCUT2D eigenvalue weighted by molar-refractivity contribution is -0.120. The van der Waals surface area contributed by atoms with E-state index in [1.165, 1.54) is 0 Å². The topological polar surface area (TPSA) is 90.2 Å². The van der Waals surface area contributed by atoms with Crippen molar-refractivity contribution in [1.82, 2.24) is 19.3 Å². The summed E-state index contributed by atoms with van der Waals surface area (Å²) in [5, 5.41) is 4.07. The highest BCUT2D eigenvalue weighted by molar-refractivity contribution is 7.89. The van der Waals surface area contributed by atoms with Crippen LogP contribution >= 0.6 is 0 Å². The number of carbonyl (C=O) groups excluding carboxylic acids is 1. The van der Waals surface area contributed by atoms with Crippen LogP contribution in [-0.2, 0) is 27.8 Å². The van der Waals surface area contributed by atoms with Crippen molar-refractivity contribution in [2.24, 2.45) is 0 Å². The van der Waals surface area contributed by atoms with Gasteiger partial charge in [-0.1, -0.05) is 5.16 Å². The van der Waals surface area contributed by atoms with E-state index in [4.69, 9.17) is 4.52 Å². The summed E-state index contributed by atoms with van der Waals surface area (Å²) in [6.07, 6.45) is 3.47. The molecular formula is C24H33N5O4S. The molecule has 0 bridgehead atoms. The average molecular weight is 488 g/mol. The Morgan fingerprint density at radius 3 is 2.41 bits per heavy atom. The predicted octanol–water partition coefficient (Wildman–Crippen LogP) is 1.86. The first-order valence-electron chi connectivity index (χ1n) is 12.2. The monoisotopic (exact) mass is 487 g/mol. The van der Waals surface area contributed by atoms with E-state index in [9.17, 15) is 13.2 Å². The van der Waals surface area contributed by atoms with Crippen molar-refractivity contribution in [3.05, 3.63) is 41.3 Å². The van der Waals surface area contributed by atoms with Gasteiger partial charge >= 0.3 is 0 Å². The molecule has 0 atom stereocenters. The quantitative estimate of drug-likeness (QED) is 0.614. The molecule has 3 aliphatic heterocycles. The summed E-state index contributed by atoms with van der Waals surface area (Å²) < 4.78 is 32.7. The standard InChI is InChI=1S/C24H33N5O4S/c1-19-15-21(25-33-19)17-26-11-13-27(14-12-26)18-24(30)29-10-4-5-20-16-22(6-7-23(20)29)34(31,32)28-8-2-3-9-28/h6-7,15-16H,2-5,8-14,17-18H2,1H3. The van der Waals surface area contributed by atoms with Gasteiger partial charge in [0, 0.05) is 64.1 Å². The Labute approximate surface area is 201 Å². The van der Waals surface area contributed by atoms with Gasteiger partial charge in [-0.05, 0) is 56.4 Å². The van der Waals surface area contributed by atoms with Gasteiger partial charge in [0.1, 0.15) is 5.76 Å². The second-order valence-corrected chi connectivity index (χ2v) is 11.5. The Hall–Kier alpha value is -2.27. The fourth-order valence-electron chi connectivity index (χ4n) is 5.17. The number of nitrogens with zero attached hydrogens (tertiary/aromatic N) is 5. The number of fused-ring (bicyclic) bond motifs is 1. The zero-order chi connectivity index (χ0) is 23.7. The van der Waals surface area contributed by atoms with Gasteiger partial charge in [-0.15, -0.1) is 0 Å². The molecule has 2 fully saturated rings. The largest absolute Gasteiger partial charge is 0.361 e. The maximum absolute atomic E-state index is 13.2. The number of hydrogen-bond acceptors (Lipinski definition) is 7. The molecule has 184 valence electrons. The van der Waals surface area contributed by atoms with Crippen molar-refractivity contribution in [1.29, 1.82) is 0 Å². The van der Waals surface area contributed by atoms with E-state index in [0.29, 0.717) is 31.1 Å². The number of hydrogen-bond donors (Lipinski definition) is 0.